The van der Waals surface area contributed by atoms with E-state index in [4.69, 9.17) is 23.2 Å². The Morgan fingerprint density at radius 3 is 1.00 bits per heavy atom. The Morgan fingerprint density at radius 1 is 0.258 bits per heavy atom. The van der Waals surface area contributed by atoms with Crippen molar-refractivity contribution in [2.75, 3.05) is 0 Å². The molecule has 0 fully saturated rings. The minimum Gasteiger partial charge on any atom is -0.265 e. The summed E-state index contributed by atoms with van der Waals surface area (Å²) < 4.78 is 12.2. The van der Waals surface area contributed by atoms with Gasteiger partial charge in [-0.25, -0.2) is 15.0 Å². The quantitative estimate of drug-likeness (QED) is 0.122. The maximum Gasteiger partial charge on any atom is 0.212 e. The van der Waals surface area contributed by atoms with Gasteiger partial charge in [0.1, 0.15) is 10.3 Å². The van der Waals surface area contributed by atoms with Crippen LogP contribution in [0.1, 0.15) is 276 Å². The molecular formula is C84H115Cl2FN10. The molecule has 522 valence electrons. The Kier molecular flexibility index (Phi) is 44.4. The summed E-state index contributed by atoms with van der Waals surface area (Å²) in [4.78, 5) is 40.4. The molecule has 0 radical (unpaired) electrons. The van der Waals surface area contributed by atoms with Gasteiger partial charge in [0.15, 0.2) is 0 Å². The number of hydrogen-bond donors (Lipinski definition) is 0. The summed E-state index contributed by atoms with van der Waals surface area (Å²) in [5, 5.41) is 1.13. The first-order valence-corrected chi connectivity index (χ1v) is 34.8. The normalized spacial score (nSPS) is 10.3. The molecule has 0 aliphatic heterocycles. The van der Waals surface area contributed by atoms with Gasteiger partial charge < -0.3 is 0 Å². The summed E-state index contributed by atoms with van der Waals surface area (Å²) in [6.07, 6.45) is 20.1. The second kappa shape index (κ2) is 49.5. The highest BCUT2D eigenvalue weighted by Gasteiger charge is 2.04. The van der Waals surface area contributed by atoms with Crippen LogP contribution in [0.3, 0.4) is 0 Å². The van der Waals surface area contributed by atoms with Crippen molar-refractivity contribution in [2.45, 2.75) is 225 Å². The maximum atomic E-state index is 12.2. The fourth-order valence-electron chi connectivity index (χ4n) is 7.87. The van der Waals surface area contributed by atoms with Crippen molar-refractivity contribution < 1.29 is 4.39 Å². The van der Waals surface area contributed by atoms with E-state index >= 15 is 0 Å². The maximum absolute atomic E-state index is 12.2. The minimum absolute atomic E-state index is 0.413. The van der Waals surface area contributed by atoms with Gasteiger partial charge >= 0.3 is 0 Å². The van der Waals surface area contributed by atoms with E-state index in [0.717, 1.165) is 34.0 Å². The number of hydrogen-bond acceptors (Lipinski definition) is 10. The molecule has 0 bridgehead atoms. The molecule has 0 N–H and O–H groups in total. The van der Waals surface area contributed by atoms with E-state index in [9.17, 15) is 4.39 Å². The van der Waals surface area contributed by atoms with Gasteiger partial charge in [-0.05, 0) is 222 Å². The second-order valence-electron chi connectivity index (χ2n) is 26.5. The van der Waals surface area contributed by atoms with Crippen LogP contribution in [0.15, 0.2) is 202 Å². The fraction of sp³-hybridized carbons (Fsp3) is 0.405. The lowest BCUT2D eigenvalue weighted by molar-refractivity contribution is 0.581. The molecule has 0 saturated heterocycles. The predicted molar refractivity (Wildman–Crippen MR) is 412 cm³/mol. The monoisotopic (exact) mass is 1350 g/mol. The van der Waals surface area contributed by atoms with Crippen LogP contribution >= 0.6 is 23.2 Å². The van der Waals surface area contributed by atoms with Crippen molar-refractivity contribution in [3.05, 3.63) is 297 Å². The number of halogens is 3. The molecule has 10 heterocycles. The number of aromatic nitrogens is 10. The zero-order chi connectivity index (χ0) is 73.0. The molecule has 0 saturated carbocycles. The van der Waals surface area contributed by atoms with Crippen LogP contribution in [0, 0.1) is 33.6 Å². The van der Waals surface area contributed by atoms with E-state index in [1.54, 1.807) is 24.7 Å². The predicted octanol–water partition coefficient (Wildman–Crippen LogP) is 24.7. The molecule has 10 aromatic rings. The average Bonchev–Trinajstić information content (AvgIpc) is 3.67. The lowest BCUT2D eigenvalue weighted by Crippen LogP contribution is -1.92. The number of pyridine rings is 10. The van der Waals surface area contributed by atoms with Gasteiger partial charge in [0.05, 0.1) is 0 Å². The van der Waals surface area contributed by atoms with Gasteiger partial charge in [0.2, 0.25) is 5.95 Å². The molecule has 10 rings (SSSR count). The van der Waals surface area contributed by atoms with Crippen molar-refractivity contribution in [1.29, 1.82) is 0 Å². The Labute approximate surface area is 595 Å². The Hall–Kier alpha value is -7.99. The summed E-state index contributed by atoms with van der Waals surface area (Å²) in [5.74, 6) is 5.17. The molecule has 0 atom stereocenters. The third-order valence-electron chi connectivity index (χ3n) is 14.5. The van der Waals surface area contributed by atoms with Crippen molar-refractivity contribution in [3.63, 3.8) is 0 Å². The second-order valence-corrected chi connectivity index (χ2v) is 27.3. The summed E-state index contributed by atoms with van der Waals surface area (Å²) in [6, 6.07) is 43.7. The molecule has 0 aliphatic rings. The minimum atomic E-state index is -0.413. The Morgan fingerprint density at radius 2 is 0.691 bits per heavy atom. The van der Waals surface area contributed by atoms with Crippen LogP contribution in [0.5, 0.6) is 0 Å². The van der Waals surface area contributed by atoms with Gasteiger partial charge in [0.25, 0.3) is 0 Å². The molecule has 0 unspecified atom stereocenters. The molecule has 0 spiro atoms. The number of aryl methyl sites for hydroxylation is 4. The van der Waals surface area contributed by atoms with Gasteiger partial charge in [-0.1, -0.05) is 204 Å². The van der Waals surface area contributed by atoms with Crippen molar-refractivity contribution in [1.82, 2.24) is 49.8 Å². The highest BCUT2D eigenvalue weighted by Crippen LogP contribution is 2.19. The van der Waals surface area contributed by atoms with Gasteiger partial charge in [-0.3, -0.25) is 34.9 Å². The largest absolute Gasteiger partial charge is 0.265 e. The van der Waals surface area contributed by atoms with Crippen molar-refractivity contribution >= 4 is 23.2 Å². The van der Waals surface area contributed by atoms with E-state index in [1.807, 2.05) is 144 Å². The third-order valence-corrected chi connectivity index (χ3v) is 15.0. The van der Waals surface area contributed by atoms with Gasteiger partial charge in [-0.15, -0.1) is 0 Å². The highest BCUT2D eigenvalue weighted by molar-refractivity contribution is 6.29. The van der Waals surface area contributed by atoms with E-state index in [2.05, 4.69) is 243 Å². The zero-order valence-corrected chi connectivity index (χ0v) is 64.4. The fourth-order valence-corrected chi connectivity index (χ4v) is 8.17. The molecule has 97 heavy (non-hydrogen) atoms. The zero-order valence-electron chi connectivity index (χ0n) is 62.9. The van der Waals surface area contributed by atoms with Crippen LogP contribution < -0.4 is 0 Å². The first-order valence-electron chi connectivity index (χ1n) is 34.1. The third kappa shape index (κ3) is 41.0. The molecular weight excluding hydrogens is 1240 g/mol. The SMILES string of the molecule is CC(C)c1ccc(Cl)nc1.CC(C)c1ccc(F)nc1.CC(C)c1ccccn1.CC(C)c1cccnc1.CC(C)c1ccnc(Cl)c1.CC(C)c1ccncc1.Cc1cc(C(C)C)ccn1.Cc1ccc(C(C)C)cn1.Cc1ccc(C(C)C)cn1.Cc1cccc(C(C)C)n1. The van der Waals surface area contributed by atoms with Crippen molar-refractivity contribution in [3.8, 4) is 0 Å². The smallest absolute Gasteiger partial charge is 0.212 e. The summed E-state index contributed by atoms with van der Waals surface area (Å²) in [5.41, 5.74) is 16.9. The number of nitrogens with zero attached hydrogens (tertiary/aromatic N) is 10. The van der Waals surface area contributed by atoms with Gasteiger partial charge in [-0.2, -0.15) is 4.39 Å². The molecule has 0 aliphatic carbocycles. The number of rotatable bonds is 10. The van der Waals surface area contributed by atoms with Crippen LogP contribution in [0.4, 0.5) is 4.39 Å². The molecule has 0 amide bonds. The van der Waals surface area contributed by atoms with Crippen LogP contribution in [-0.4, -0.2) is 49.8 Å². The molecule has 10 nitrogen and oxygen atoms in total. The first kappa shape index (κ1) is 87.0. The lowest BCUT2D eigenvalue weighted by Gasteiger charge is -2.03. The van der Waals surface area contributed by atoms with E-state index in [-0.39, 0.29) is 0 Å². The molecule has 0 aromatic carbocycles. The van der Waals surface area contributed by atoms with E-state index in [0.29, 0.717) is 69.5 Å². The highest BCUT2D eigenvalue weighted by atomic mass is 35.5. The van der Waals surface area contributed by atoms with Crippen molar-refractivity contribution in [2.24, 2.45) is 0 Å². The molecule has 13 heteroatoms. The lowest BCUT2D eigenvalue weighted by atomic mass is 10.0. The van der Waals surface area contributed by atoms with Crippen LogP contribution in [-0.2, 0) is 0 Å². The first-order chi connectivity index (χ1) is 45.8. The molecule has 10 aromatic heterocycles. The van der Waals surface area contributed by atoms with E-state index in [1.165, 1.54) is 50.7 Å². The summed E-state index contributed by atoms with van der Waals surface area (Å²) in [6.45, 7) is 51.0. The topological polar surface area (TPSA) is 129 Å². The standard InChI is InChI=1S/4C9H13N.2C8H10ClN.C8H10FN.3C8H11N/c1-7(2)9-4-5-10-8(3)6-9;2*1-7(2)9-5-4-8(3)10-6-9;1-7(2)9-6-4-5-8(3)10-9;1-6(2)7-3-4-10-8(9)5-7;2*1-6(2)7-3-4-8(9)10-5-7;1-7(2)8-3-5-9-6-4-8;1-7(2)8-4-3-5-9-6-8;1-7(2)8-5-3-4-6-9-8/h4*4-7H,1-3H3;3*3-6H,1-2H3;3*3-7H,1-2H3. The van der Waals surface area contributed by atoms with Gasteiger partial charge in [0, 0.05) is 102 Å². The summed E-state index contributed by atoms with van der Waals surface area (Å²) in [7, 11) is 0. The van der Waals surface area contributed by atoms with Crippen LogP contribution in [0.2, 0.25) is 10.3 Å². The summed E-state index contributed by atoms with van der Waals surface area (Å²) >= 11 is 11.3. The van der Waals surface area contributed by atoms with Crippen LogP contribution in [0.25, 0.3) is 0 Å². The van der Waals surface area contributed by atoms with E-state index < -0.39 is 5.95 Å². The Bertz CT molecular complexity index is 3130. The average molecular weight is 1350 g/mol. The Balaban J connectivity index is 0.000000539.